The molecule has 1 rings (SSSR count). The molecule has 7 nitrogen and oxygen atoms in total. The van der Waals surface area contributed by atoms with Gasteiger partial charge in [0.15, 0.2) is 0 Å². The Hall–Kier alpha value is -1.18. The lowest BCUT2D eigenvalue weighted by atomic mass is 9.91. The molecule has 2 amide bonds. The molecule has 0 unspecified atom stereocenters. The molecular weight excluding hydrogens is 250 g/mol. The van der Waals surface area contributed by atoms with Crippen LogP contribution in [-0.2, 0) is 9.59 Å². The second-order valence-corrected chi connectivity index (χ2v) is 4.98. The van der Waals surface area contributed by atoms with Crippen LogP contribution in [0.5, 0.6) is 0 Å². The molecule has 5 N–H and O–H groups in total. The van der Waals surface area contributed by atoms with Crippen molar-refractivity contribution in [2.45, 2.75) is 38.1 Å². The van der Waals surface area contributed by atoms with Gasteiger partial charge in [-0.1, -0.05) is 0 Å². The topological polar surface area (TPSA) is 116 Å². The molecular formula is C12H23N3O4. The first-order valence-corrected chi connectivity index (χ1v) is 6.66. The molecule has 1 aliphatic heterocycles. The lowest BCUT2D eigenvalue weighted by molar-refractivity contribution is -0.134. The molecule has 0 aromatic carbocycles. The van der Waals surface area contributed by atoms with Gasteiger partial charge >= 0.3 is 0 Å². The van der Waals surface area contributed by atoms with Crippen molar-refractivity contribution in [1.29, 1.82) is 0 Å². The van der Waals surface area contributed by atoms with Gasteiger partial charge in [0.25, 0.3) is 0 Å². The Kier molecular flexibility index (Phi) is 6.75. The third kappa shape index (κ3) is 5.14. The summed E-state index contributed by atoms with van der Waals surface area (Å²) in [4.78, 5) is 24.3. The van der Waals surface area contributed by atoms with E-state index in [1.54, 1.807) is 10.4 Å². The van der Waals surface area contributed by atoms with Crippen molar-refractivity contribution in [2.24, 2.45) is 11.7 Å². The molecule has 1 saturated heterocycles. The Bertz CT molecular complexity index is 303. The van der Waals surface area contributed by atoms with Crippen molar-refractivity contribution < 1.29 is 19.9 Å². The standard InChI is InChI=1S/C12H23N3O4/c13-10(8-16)12(18)15-6-4-9(5-7-15)2-1-3-11(17)14-19/h9-10,16,19H,1-8,13H2,(H,14,17)/t10-/m0/s1. The van der Waals surface area contributed by atoms with Gasteiger partial charge in [-0.2, -0.15) is 0 Å². The first-order valence-electron chi connectivity index (χ1n) is 6.66. The maximum Gasteiger partial charge on any atom is 0.243 e. The van der Waals surface area contributed by atoms with Crippen LogP contribution in [0.15, 0.2) is 0 Å². The SMILES string of the molecule is N[C@@H](CO)C(=O)N1CCC(CCCC(=O)NO)CC1. The van der Waals surface area contributed by atoms with Gasteiger partial charge in [-0.15, -0.1) is 0 Å². The van der Waals surface area contributed by atoms with Crippen LogP contribution in [0.2, 0.25) is 0 Å². The van der Waals surface area contributed by atoms with E-state index in [9.17, 15) is 9.59 Å². The summed E-state index contributed by atoms with van der Waals surface area (Å²) in [5, 5.41) is 17.2. The smallest absolute Gasteiger partial charge is 0.243 e. The number of hydroxylamine groups is 1. The fourth-order valence-electron chi connectivity index (χ4n) is 2.36. The van der Waals surface area contributed by atoms with Gasteiger partial charge in [0, 0.05) is 19.5 Å². The molecule has 7 heteroatoms. The zero-order valence-corrected chi connectivity index (χ0v) is 11.0. The van der Waals surface area contributed by atoms with Crippen LogP contribution in [0.3, 0.4) is 0 Å². The molecule has 1 atom stereocenters. The molecule has 1 aliphatic rings. The molecule has 0 aliphatic carbocycles. The molecule has 0 spiro atoms. The van der Waals surface area contributed by atoms with Gasteiger partial charge in [0.05, 0.1) is 6.61 Å². The number of nitrogens with zero attached hydrogens (tertiary/aromatic N) is 1. The fraction of sp³-hybridized carbons (Fsp3) is 0.833. The molecule has 1 heterocycles. The van der Waals surface area contributed by atoms with E-state index in [-0.39, 0.29) is 18.4 Å². The van der Waals surface area contributed by atoms with Gasteiger partial charge in [0.2, 0.25) is 11.8 Å². The van der Waals surface area contributed by atoms with Crippen LogP contribution < -0.4 is 11.2 Å². The molecule has 0 saturated carbocycles. The van der Waals surface area contributed by atoms with Gasteiger partial charge in [-0.05, 0) is 31.6 Å². The van der Waals surface area contributed by atoms with Crippen molar-refractivity contribution in [1.82, 2.24) is 10.4 Å². The Morgan fingerprint density at radius 3 is 2.53 bits per heavy atom. The molecule has 19 heavy (non-hydrogen) atoms. The highest BCUT2D eigenvalue weighted by Crippen LogP contribution is 2.22. The average molecular weight is 273 g/mol. The third-order valence-corrected chi connectivity index (χ3v) is 3.58. The highest BCUT2D eigenvalue weighted by atomic mass is 16.5. The Morgan fingerprint density at radius 1 is 1.37 bits per heavy atom. The predicted molar refractivity (Wildman–Crippen MR) is 68.1 cm³/mol. The van der Waals surface area contributed by atoms with Crippen molar-refractivity contribution in [2.75, 3.05) is 19.7 Å². The van der Waals surface area contributed by atoms with Crippen LogP contribution in [0.4, 0.5) is 0 Å². The predicted octanol–water partition coefficient (Wildman–Crippen LogP) is -0.780. The maximum atomic E-state index is 11.7. The number of rotatable bonds is 6. The summed E-state index contributed by atoms with van der Waals surface area (Å²) < 4.78 is 0. The van der Waals surface area contributed by atoms with Crippen LogP contribution in [0.1, 0.15) is 32.1 Å². The van der Waals surface area contributed by atoms with E-state index in [4.69, 9.17) is 16.0 Å². The number of carbonyl (C=O) groups is 2. The normalized spacial score (nSPS) is 18.2. The van der Waals surface area contributed by atoms with Crippen molar-refractivity contribution >= 4 is 11.8 Å². The van der Waals surface area contributed by atoms with Crippen LogP contribution >= 0.6 is 0 Å². The van der Waals surface area contributed by atoms with E-state index in [0.717, 1.165) is 25.7 Å². The van der Waals surface area contributed by atoms with Gasteiger partial charge in [-0.3, -0.25) is 14.8 Å². The Morgan fingerprint density at radius 2 is 2.00 bits per heavy atom. The van der Waals surface area contributed by atoms with Crippen LogP contribution in [0.25, 0.3) is 0 Å². The average Bonchev–Trinajstić information content (AvgIpc) is 2.46. The quantitative estimate of drug-likeness (QED) is 0.374. The number of amides is 2. The summed E-state index contributed by atoms with van der Waals surface area (Å²) in [6, 6.07) is -0.815. The van der Waals surface area contributed by atoms with E-state index >= 15 is 0 Å². The molecule has 0 radical (unpaired) electrons. The lowest BCUT2D eigenvalue weighted by Gasteiger charge is -2.33. The molecule has 0 aromatic heterocycles. The molecule has 0 aromatic rings. The van der Waals surface area contributed by atoms with E-state index in [0.29, 0.717) is 25.4 Å². The summed E-state index contributed by atoms with van der Waals surface area (Å²) in [5.74, 6) is -0.0527. The van der Waals surface area contributed by atoms with Crippen LogP contribution in [0, 0.1) is 5.92 Å². The number of hydrogen-bond acceptors (Lipinski definition) is 5. The second-order valence-electron chi connectivity index (χ2n) is 4.98. The number of aliphatic hydroxyl groups is 1. The number of nitrogens with two attached hydrogens (primary N) is 1. The summed E-state index contributed by atoms with van der Waals surface area (Å²) in [6.07, 6.45) is 3.77. The monoisotopic (exact) mass is 273 g/mol. The first kappa shape index (κ1) is 15.9. The summed E-state index contributed by atoms with van der Waals surface area (Å²) >= 11 is 0. The largest absolute Gasteiger partial charge is 0.394 e. The Balaban J connectivity index is 2.22. The van der Waals surface area contributed by atoms with Crippen LogP contribution in [-0.4, -0.2) is 52.8 Å². The van der Waals surface area contributed by atoms with E-state index < -0.39 is 6.04 Å². The third-order valence-electron chi connectivity index (χ3n) is 3.58. The van der Waals surface area contributed by atoms with Gasteiger partial charge in [-0.25, -0.2) is 5.48 Å². The molecule has 1 fully saturated rings. The maximum absolute atomic E-state index is 11.7. The summed E-state index contributed by atoms with van der Waals surface area (Å²) in [7, 11) is 0. The lowest BCUT2D eigenvalue weighted by Crippen LogP contribution is -2.48. The summed E-state index contributed by atoms with van der Waals surface area (Å²) in [6.45, 7) is 0.988. The zero-order valence-electron chi connectivity index (χ0n) is 11.0. The van der Waals surface area contributed by atoms with Crippen molar-refractivity contribution in [3.05, 3.63) is 0 Å². The van der Waals surface area contributed by atoms with E-state index in [2.05, 4.69) is 0 Å². The number of carbonyl (C=O) groups excluding carboxylic acids is 2. The number of hydrogen-bond donors (Lipinski definition) is 4. The first-order chi connectivity index (χ1) is 9.08. The molecule has 110 valence electrons. The second kappa shape index (κ2) is 8.08. The highest BCUT2D eigenvalue weighted by Gasteiger charge is 2.25. The minimum Gasteiger partial charge on any atom is -0.394 e. The Labute approximate surface area is 112 Å². The van der Waals surface area contributed by atoms with Gasteiger partial charge < -0.3 is 15.7 Å². The van der Waals surface area contributed by atoms with E-state index in [1.165, 1.54) is 0 Å². The zero-order chi connectivity index (χ0) is 14.3. The number of piperidine rings is 1. The number of nitrogens with one attached hydrogen (secondary N) is 1. The minimum absolute atomic E-state index is 0.194. The summed E-state index contributed by atoms with van der Waals surface area (Å²) in [5.41, 5.74) is 7.12. The minimum atomic E-state index is -0.815. The number of aliphatic hydroxyl groups excluding tert-OH is 1. The van der Waals surface area contributed by atoms with Crippen molar-refractivity contribution in [3.63, 3.8) is 0 Å². The van der Waals surface area contributed by atoms with E-state index in [1.807, 2.05) is 0 Å². The van der Waals surface area contributed by atoms with Crippen molar-refractivity contribution in [3.8, 4) is 0 Å². The van der Waals surface area contributed by atoms with Gasteiger partial charge in [0.1, 0.15) is 6.04 Å². The molecule has 0 bridgehead atoms. The highest BCUT2D eigenvalue weighted by molar-refractivity contribution is 5.81. The number of likely N-dealkylation sites (tertiary alicyclic amines) is 1. The fourth-order valence-corrected chi connectivity index (χ4v) is 2.36.